The summed E-state index contributed by atoms with van der Waals surface area (Å²) in [6.45, 7) is 4.95. The first kappa shape index (κ1) is 20.4. The number of ether oxygens (including phenoxy) is 1. The van der Waals surface area contributed by atoms with Gasteiger partial charge in [0.2, 0.25) is 10.0 Å². The number of piperazine rings is 1. The van der Waals surface area contributed by atoms with Crippen LogP contribution in [0.4, 0.5) is 19.2 Å². The van der Waals surface area contributed by atoms with Crippen molar-refractivity contribution in [3.8, 4) is 5.75 Å². The highest BCUT2D eigenvalue weighted by molar-refractivity contribution is 7.89. The molecule has 0 radical (unpaired) electrons. The van der Waals surface area contributed by atoms with Crippen molar-refractivity contribution in [2.75, 3.05) is 31.1 Å². The molecule has 0 unspecified atom stereocenters. The zero-order chi connectivity index (χ0) is 20.5. The van der Waals surface area contributed by atoms with Gasteiger partial charge in [0.05, 0.1) is 4.90 Å². The Kier molecular flexibility index (Phi) is 5.53. The fourth-order valence-electron chi connectivity index (χ4n) is 2.67. The molecule has 154 valence electrons. The van der Waals surface area contributed by atoms with E-state index < -0.39 is 22.1 Å². The van der Waals surface area contributed by atoms with Crippen molar-refractivity contribution in [2.24, 2.45) is 0 Å². The van der Waals surface area contributed by atoms with Crippen molar-refractivity contribution in [1.82, 2.24) is 14.4 Å². The smallest absolute Gasteiger partial charge is 0.406 e. The molecule has 0 atom stereocenters. The van der Waals surface area contributed by atoms with Gasteiger partial charge in [0, 0.05) is 32.1 Å². The minimum atomic E-state index is -4.83. The summed E-state index contributed by atoms with van der Waals surface area (Å²) in [7, 11) is -3.83. The first-order valence-electron chi connectivity index (χ1n) is 8.51. The zero-order valence-electron chi connectivity index (χ0n) is 15.2. The summed E-state index contributed by atoms with van der Waals surface area (Å²) in [5.74, 6) is 0.211. The highest BCUT2D eigenvalue weighted by Crippen LogP contribution is 2.26. The first-order valence-corrected chi connectivity index (χ1v) is 9.95. The van der Waals surface area contributed by atoms with Crippen LogP contribution in [0.3, 0.4) is 0 Å². The summed E-state index contributed by atoms with van der Waals surface area (Å²) in [5.41, 5.74) is 0. The number of halogens is 3. The molecular formula is C16H19F3N4O4S. The lowest BCUT2D eigenvalue weighted by Gasteiger charge is -2.32. The van der Waals surface area contributed by atoms with E-state index >= 15 is 0 Å². The molecule has 1 aliphatic rings. The fraction of sp³-hybridized carbons (Fsp3) is 0.500. The van der Waals surface area contributed by atoms with Gasteiger partial charge in [-0.15, -0.1) is 13.2 Å². The summed E-state index contributed by atoms with van der Waals surface area (Å²) in [6.07, 6.45) is -4.83. The summed E-state index contributed by atoms with van der Waals surface area (Å²) in [4.78, 5) is 5.99. The number of aromatic nitrogens is 2. The fourth-order valence-corrected chi connectivity index (χ4v) is 4.09. The molecule has 0 aliphatic carbocycles. The number of sulfonamides is 1. The maximum Gasteiger partial charge on any atom is 0.573 e. The van der Waals surface area contributed by atoms with E-state index in [1.807, 2.05) is 13.8 Å². The molecule has 0 spiro atoms. The molecule has 1 aromatic carbocycles. The van der Waals surface area contributed by atoms with E-state index in [2.05, 4.69) is 14.9 Å². The van der Waals surface area contributed by atoms with Crippen LogP contribution in [-0.2, 0) is 10.0 Å². The van der Waals surface area contributed by atoms with Crippen LogP contribution in [0.2, 0.25) is 0 Å². The number of nitrogens with zero attached hydrogens (tertiary/aromatic N) is 4. The molecule has 3 rings (SSSR count). The van der Waals surface area contributed by atoms with Crippen molar-refractivity contribution in [2.45, 2.75) is 31.0 Å². The SMILES string of the molecule is CC(C)c1noc(N2CCN(S(=O)(=O)c3ccc(OC(F)(F)F)cc3)CC2)n1. The Morgan fingerprint density at radius 1 is 1.11 bits per heavy atom. The Labute approximate surface area is 159 Å². The van der Waals surface area contributed by atoms with E-state index in [9.17, 15) is 21.6 Å². The van der Waals surface area contributed by atoms with Crippen LogP contribution in [0, 0.1) is 0 Å². The largest absolute Gasteiger partial charge is 0.573 e. The first-order chi connectivity index (χ1) is 13.1. The Morgan fingerprint density at radius 2 is 1.71 bits per heavy atom. The third-order valence-electron chi connectivity index (χ3n) is 4.15. The van der Waals surface area contributed by atoms with Gasteiger partial charge in [-0.1, -0.05) is 19.0 Å². The molecule has 1 aliphatic heterocycles. The Bertz CT molecular complexity index is 905. The van der Waals surface area contributed by atoms with E-state index in [4.69, 9.17) is 4.52 Å². The Balaban J connectivity index is 1.65. The Hall–Kier alpha value is -2.34. The predicted octanol–water partition coefficient (Wildman–Crippen LogP) is 2.60. The minimum absolute atomic E-state index is 0.102. The average Bonchev–Trinajstić information content (AvgIpc) is 3.11. The van der Waals surface area contributed by atoms with Gasteiger partial charge in [0.15, 0.2) is 5.82 Å². The monoisotopic (exact) mass is 420 g/mol. The zero-order valence-corrected chi connectivity index (χ0v) is 16.0. The predicted molar refractivity (Wildman–Crippen MR) is 92.5 cm³/mol. The van der Waals surface area contributed by atoms with Crippen LogP contribution >= 0.6 is 0 Å². The molecule has 0 amide bonds. The second kappa shape index (κ2) is 7.59. The standard InChI is InChI=1S/C16H19F3N4O4S/c1-11(2)14-20-15(27-21-14)22-7-9-23(10-8-22)28(24,25)13-5-3-12(4-6-13)26-16(17,18)19/h3-6,11H,7-10H2,1-2H3. The second-order valence-corrected chi connectivity index (χ2v) is 8.44. The summed E-state index contributed by atoms with van der Waals surface area (Å²) in [5, 5.41) is 3.89. The van der Waals surface area contributed by atoms with Gasteiger partial charge in [-0.2, -0.15) is 9.29 Å². The normalized spacial score (nSPS) is 16.6. The lowest BCUT2D eigenvalue weighted by molar-refractivity contribution is -0.274. The van der Waals surface area contributed by atoms with Gasteiger partial charge in [0.25, 0.3) is 0 Å². The second-order valence-electron chi connectivity index (χ2n) is 6.50. The molecule has 1 aromatic heterocycles. The summed E-state index contributed by atoms with van der Waals surface area (Å²) in [6, 6.07) is 4.48. The van der Waals surface area contributed by atoms with Gasteiger partial charge in [-0.3, -0.25) is 0 Å². The Morgan fingerprint density at radius 3 is 2.21 bits per heavy atom. The molecule has 0 N–H and O–H groups in total. The van der Waals surface area contributed by atoms with Crippen LogP contribution in [-0.4, -0.2) is 55.4 Å². The molecule has 8 nitrogen and oxygen atoms in total. The van der Waals surface area contributed by atoms with E-state index in [0.29, 0.717) is 24.9 Å². The number of hydrogen-bond donors (Lipinski definition) is 0. The lowest BCUT2D eigenvalue weighted by Crippen LogP contribution is -2.48. The number of alkyl halides is 3. The van der Waals surface area contributed by atoms with Gasteiger partial charge in [-0.05, 0) is 24.3 Å². The summed E-state index contributed by atoms with van der Waals surface area (Å²) >= 11 is 0. The maximum absolute atomic E-state index is 12.7. The highest BCUT2D eigenvalue weighted by Gasteiger charge is 2.32. The molecule has 1 saturated heterocycles. The quantitative estimate of drug-likeness (QED) is 0.735. The highest BCUT2D eigenvalue weighted by atomic mass is 32.2. The van der Waals surface area contributed by atoms with Crippen LogP contribution in [0.5, 0.6) is 5.75 Å². The van der Waals surface area contributed by atoms with Crippen molar-refractivity contribution in [3.63, 3.8) is 0 Å². The molecule has 2 heterocycles. The third kappa shape index (κ3) is 4.55. The third-order valence-corrected chi connectivity index (χ3v) is 6.06. The lowest BCUT2D eigenvalue weighted by atomic mass is 10.2. The number of rotatable bonds is 5. The van der Waals surface area contributed by atoms with E-state index in [1.54, 1.807) is 4.90 Å². The molecule has 0 bridgehead atoms. The van der Waals surface area contributed by atoms with Crippen molar-refractivity contribution < 1.29 is 30.8 Å². The average molecular weight is 420 g/mol. The molecule has 0 saturated carbocycles. The number of hydrogen-bond acceptors (Lipinski definition) is 7. The topological polar surface area (TPSA) is 88.8 Å². The molecule has 28 heavy (non-hydrogen) atoms. The van der Waals surface area contributed by atoms with Crippen LogP contribution in [0.15, 0.2) is 33.7 Å². The van der Waals surface area contributed by atoms with Crippen LogP contribution in [0.1, 0.15) is 25.6 Å². The van der Waals surface area contributed by atoms with Crippen molar-refractivity contribution >= 4 is 16.0 Å². The summed E-state index contributed by atoms with van der Waals surface area (Å²) < 4.78 is 72.3. The van der Waals surface area contributed by atoms with E-state index in [1.165, 1.54) is 4.31 Å². The van der Waals surface area contributed by atoms with Gasteiger partial charge in [-0.25, -0.2) is 8.42 Å². The molecule has 1 fully saturated rings. The van der Waals surface area contributed by atoms with Gasteiger partial charge < -0.3 is 14.2 Å². The van der Waals surface area contributed by atoms with Gasteiger partial charge in [0.1, 0.15) is 5.75 Å². The van der Waals surface area contributed by atoms with Crippen LogP contribution in [0.25, 0.3) is 0 Å². The molecule has 2 aromatic rings. The number of benzene rings is 1. The minimum Gasteiger partial charge on any atom is -0.406 e. The van der Waals surface area contributed by atoms with Crippen LogP contribution < -0.4 is 9.64 Å². The molecule has 12 heteroatoms. The van der Waals surface area contributed by atoms with Crippen molar-refractivity contribution in [1.29, 1.82) is 0 Å². The van der Waals surface area contributed by atoms with E-state index in [0.717, 1.165) is 24.3 Å². The molecular weight excluding hydrogens is 401 g/mol. The maximum atomic E-state index is 12.7. The number of anilines is 1. The van der Waals surface area contributed by atoms with Gasteiger partial charge >= 0.3 is 12.4 Å². The van der Waals surface area contributed by atoms with E-state index in [-0.39, 0.29) is 23.9 Å². The van der Waals surface area contributed by atoms with Crippen molar-refractivity contribution in [3.05, 3.63) is 30.1 Å².